The Morgan fingerprint density at radius 3 is 2.50 bits per heavy atom. The molecular formula is C13H15BrO2. The van der Waals surface area contributed by atoms with Crippen LogP contribution in [0.15, 0.2) is 28.7 Å². The highest BCUT2D eigenvalue weighted by Crippen LogP contribution is 2.21. The molecule has 0 N–H and O–H groups in total. The molecule has 1 saturated carbocycles. The van der Waals surface area contributed by atoms with E-state index in [0.29, 0.717) is 6.10 Å². The predicted octanol–water partition coefficient (Wildman–Crippen LogP) is 3.59. The molecule has 2 nitrogen and oxygen atoms in total. The van der Waals surface area contributed by atoms with Crippen molar-refractivity contribution in [2.24, 2.45) is 0 Å². The van der Waals surface area contributed by atoms with Crippen LogP contribution >= 0.6 is 15.9 Å². The van der Waals surface area contributed by atoms with Crippen LogP contribution in [0.1, 0.15) is 36.0 Å². The Labute approximate surface area is 104 Å². The minimum Gasteiger partial charge on any atom is -0.370 e. The summed E-state index contributed by atoms with van der Waals surface area (Å²) in [5, 5.41) is 0. The van der Waals surface area contributed by atoms with Gasteiger partial charge in [-0.05, 0) is 25.0 Å². The minimum absolute atomic E-state index is 0.0689. The summed E-state index contributed by atoms with van der Waals surface area (Å²) in [6.07, 6.45) is 4.98. The first kappa shape index (κ1) is 11.8. The van der Waals surface area contributed by atoms with E-state index < -0.39 is 0 Å². The van der Waals surface area contributed by atoms with E-state index in [0.717, 1.165) is 22.9 Å². The monoisotopic (exact) mass is 282 g/mol. The van der Waals surface area contributed by atoms with Gasteiger partial charge in [-0.25, -0.2) is 0 Å². The number of benzene rings is 1. The highest BCUT2D eigenvalue weighted by Gasteiger charge is 2.17. The third-order valence-electron chi connectivity index (χ3n) is 2.92. The standard InChI is InChI=1S/C13H15BrO2/c14-11-7-5-10(6-8-11)13(15)9-16-12-3-1-2-4-12/h5-8,12H,1-4,9H2. The molecule has 0 unspecified atom stereocenters. The Bertz CT molecular complexity index is 353. The van der Waals surface area contributed by atoms with Gasteiger partial charge in [-0.3, -0.25) is 4.79 Å². The maximum Gasteiger partial charge on any atom is 0.188 e. The molecule has 0 saturated heterocycles. The van der Waals surface area contributed by atoms with Gasteiger partial charge in [0, 0.05) is 10.0 Å². The summed E-state index contributed by atoms with van der Waals surface area (Å²) in [5.74, 6) is 0.0689. The number of ketones is 1. The van der Waals surface area contributed by atoms with Crippen LogP contribution in [0.4, 0.5) is 0 Å². The molecule has 0 radical (unpaired) electrons. The number of Topliss-reactive ketones (excluding diaryl/α,β-unsaturated/α-hetero) is 1. The lowest BCUT2D eigenvalue weighted by molar-refractivity contribution is 0.0482. The van der Waals surface area contributed by atoms with Gasteiger partial charge >= 0.3 is 0 Å². The molecule has 1 aromatic rings. The van der Waals surface area contributed by atoms with Gasteiger partial charge in [-0.2, -0.15) is 0 Å². The summed E-state index contributed by atoms with van der Waals surface area (Å²) in [5.41, 5.74) is 0.723. The molecule has 86 valence electrons. The Hall–Kier alpha value is -0.670. The van der Waals surface area contributed by atoms with Crippen molar-refractivity contribution >= 4 is 21.7 Å². The lowest BCUT2D eigenvalue weighted by Crippen LogP contribution is -2.15. The van der Waals surface area contributed by atoms with Crippen molar-refractivity contribution in [1.82, 2.24) is 0 Å². The molecule has 2 rings (SSSR count). The number of ether oxygens (including phenoxy) is 1. The molecule has 1 aromatic carbocycles. The van der Waals surface area contributed by atoms with Crippen LogP contribution in [0.5, 0.6) is 0 Å². The smallest absolute Gasteiger partial charge is 0.188 e. The predicted molar refractivity (Wildman–Crippen MR) is 66.7 cm³/mol. The van der Waals surface area contributed by atoms with Gasteiger partial charge in [0.25, 0.3) is 0 Å². The van der Waals surface area contributed by atoms with Gasteiger partial charge in [0.2, 0.25) is 0 Å². The van der Waals surface area contributed by atoms with E-state index in [2.05, 4.69) is 15.9 Å². The Morgan fingerprint density at radius 1 is 1.25 bits per heavy atom. The number of carbonyl (C=O) groups is 1. The second kappa shape index (κ2) is 5.60. The second-order valence-corrected chi connectivity index (χ2v) is 5.06. The highest BCUT2D eigenvalue weighted by atomic mass is 79.9. The van der Waals surface area contributed by atoms with Crippen LogP contribution < -0.4 is 0 Å². The van der Waals surface area contributed by atoms with Crippen molar-refractivity contribution in [3.63, 3.8) is 0 Å². The first-order valence-corrected chi connectivity index (χ1v) is 6.45. The fraction of sp³-hybridized carbons (Fsp3) is 0.462. The van der Waals surface area contributed by atoms with Crippen molar-refractivity contribution in [2.75, 3.05) is 6.61 Å². The zero-order valence-corrected chi connectivity index (χ0v) is 10.7. The zero-order chi connectivity index (χ0) is 11.4. The summed E-state index contributed by atoms with van der Waals surface area (Å²) in [4.78, 5) is 11.8. The average Bonchev–Trinajstić information content (AvgIpc) is 2.80. The summed E-state index contributed by atoms with van der Waals surface area (Å²) in [6.45, 7) is 0.215. The van der Waals surface area contributed by atoms with Crippen LogP contribution in [0.2, 0.25) is 0 Å². The SMILES string of the molecule is O=C(COC1CCCC1)c1ccc(Br)cc1. The third-order valence-corrected chi connectivity index (χ3v) is 3.45. The first-order valence-electron chi connectivity index (χ1n) is 5.66. The molecule has 0 bridgehead atoms. The van der Waals surface area contributed by atoms with Crippen molar-refractivity contribution in [3.05, 3.63) is 34.3 Å². The topological polar surface area (TPSA) is 26.3 Å². The van der Waals surface area contributed by atoms with Gasteiger partial charge in [0.1, 0.15) is 6.61 Å². The molecular weight excluding hydrogens is 268 g/mol. The lowest BCUT2D eigenvalue weighted by atomic mass is 10.1. The molecule has 0 heterocycles. The van der Waals surface area contributed by atoms with Crippen LogP contribution in [0.3, 0.4) is 0 Å². The Balaban J connectivity index is 1.85. The van der Waals surface area contributed by atoms with Crippen molar-refractivity contribution in [3.8, 4) is 0 Å². The largest absolute Gasteiger partial charge is 0.370 e. The van der Waals surface area contributed by atoms with Gasteiger partial charge in [-0.1, -0.05) is 40.9 Å². The fourth-order valence-electron chi connectivity index (χ4n) is 1.97. The summed E-state index contributed by atoms with van der Waals surface area (Å²) < 4.78 is 6.57. The number of halogens is 1. The number of rotatable bonds is 4. The van der Waals surface area contributed by atoms with E-state index in [1.165, 1.54) is 12.8 Å². The lowest BCUT2D eigenvalue weighted by Gasteiger charge is -2.09. The normalized spacial score (nSPS) is 16.6. The molecule has 0 atom stereocenters. The molecule has 0 aromatic heterocycles. The second-order valence-electron chi connectivity index (χ2n) is 4.15. The molecule has 16 heavy (non-hydrogen) atoms. The van der Waals surface area contributed by atoms with Crippen molar-refractivity contribution < 1.29 is 9.53 Å². The maximum absolute atomic E-state index is 11.8. The quantitative estimate of drug-likeness (QED) is 0.789. The zero-order valence-electron chi connectivity index (χ0n) is 9.12. The third kappa shape index (κ3) is 3.16. The number of hydrogen-bond acceptors (Lipinski definition) is 2. The van der Waals surface area contributed by atoms with E-state index in [1.807, 2.05) is 24.3 Å². The van der Waals surface area contributed by atoms with E-state index in [1.54, 1.807) is 0 Å². The minimum atomic E-state index is 0.0689. The first-order chi connectivity index (χ1) is 7.75. The molecule has 0 amide bonds. The van der Waals surface area contributed by atoms with E-state index in [-0.39, 0.29) is 12.4 Å². The number of hydrogen-bond donors (Lipinski definition) is 0. The van der Waals surface area contributed by atoms with Crippen molar-refractivity contribution in [1.29, 1.82) is 0 Å². The molecule has 1 fully saturated rings. The van der Waals surface area contributed by atoms with E-state index in [4.69, 9.17) is 4.74 Å². The average molecular weight is 283 g/mol. The molecule has 3 heteroatoms. The Kier molecular flexibility index (Phi) is 4.13. The summed E-state index contributed by atoms with van der Waals surface area (Å²) in [7, 11) is 0. The van der Waals surface area contributed by atoms with Crippen LogP contribution in [0, 0.1) is 0 Å². The number of carbonyl (C=O) groups excluding carboxylic acids is 1. The van der Waals surface area contributed by atoms with Crippen LogP contribution in [-0.2, 0) is 4.74 Å². The molecule has 1 aliphatic carbocycles. The maximum atomic E-state index is 11.8. The van der Waals surface area contributed by atoms with Gasteiger partial charge < -0.3 is 4.74 Å². The van der Waals surface area contributed by atoms with Crippen LogP contribution in [-0.4, -0.2) is 18.5 Å². The van der Waals surface area contributed by atoms with Crippen LogP contribution in [0.25, 0.3) is 0 Å². The molecule has 0 spiro atoms. The van der Waals surface area contributed by atoms with Gasteiger partial charge in [-0.15, -0.1) is 0 Å². The summed E-state index contributed by atoms with van der Waals surface area (Å²) >= 11 is 3.34. The van der Waals surface area contributed by atoms with E-state index in [9.17, 15) is 4.79 Å². The summed E-state index contributed by atoms with van der Waals surface area (Å²) in [6, 6.07) is 7.40. The fourth-order valence-corrected chi connectivity index (χ4v) is 2.23. The van der Waals surface area contributed by atoms with Gasteiger partial charge in [0.15, 0.2) is 5.78 Å². The molecule has 1 aliphatic rings. The molecule has 0 aliphatic heterocycles. The van der Waals surface area contributed by atoms with Crippen molar-refractivity contribution in [2.45, 2.75) is 31.8 Å². The Morgan fingerprint density at radius 2 is 1.88 bits per heavy atom. The van der Waals surface area contributed by atoms with E-state index >= 15 is 0 Å². The highest BCUT2D eigenvalue weighted by molar-refractivity contribution is 9.10. The van der Waals surface area contributed by atoms with Gasteiger partial charge in [0.05, 0.1) is 6.10 Å².